The number of hydrogen-bond donors (Lipinski definition) is 2. The summed E-state index contributed by atoms with van der Waals surface area (Å²) >= 11 is 0. The van der Waals surface area contributed by atoms with Crippen LogP contribution in [0.25, 0.3) is 0 Å². The van der Waals surface area contributed by atoms with E-state index in [1.54, 1.807) is 0 Å². The second-order valence-electron chi connectivity index (χ2n) is 5.42. The zero-order valence-corrected chi connectivity index (χ0v) is 11.6. The van der Waals surface area contributed by atoms with E-state index in [0.717, 1.165) is 25.4 Å². The van der Waals surface area contributed by atoms with Crippen LogP contribution in [0.5, 0.6) is 5.75 Å². The van der Waals surface area contributed by atoms with Gasteiger partial charge in [-0.1, -0.05) is 32.0 Å². The molecule has 1 aromatic carbocycles. The minimum Gasteiger partial charge on any atom is -0.493 e. The van der Waals surface area contributed by atoms with Gasteiger partial charge < -0.3 is 15.4 Å². The minimum absolute atomic E-state index is 0.486. The number of benzene rings is 1. The van der Waals surface area contributed by atoms with Gasteiger partial charge in [-0.25, -0.2) is 0 Å². The third-order valence-corrected chi connectivity index (χ3v) is 3.34. The molecule has 0 fully saturated rings. The van der Waals surface area contributed by atoms with Crippen LogP contribution in [-0.2, 0) is 0 Å². The van der Waals surface area contributed by atoms with E-state index < -0.39 is 0 Å². The van der Waals surface area contributed by atoms with Gasteiger partial charge in [-0.2, -0.15) is 0 Å². The first-order chi connectivity index (χ1) is 8.66. The molecule has 2 atom stereocenters. The van der Waals surface area contributed by atoms with E-state index in [0.29, 0.717) is 18.0 Å². The molecule has 3 heteroatoms. The van der Waals surface area contributed by atoms with E-state index in [1.165, 1.54) is 5.56 Å². The van der Waals surface area contributed by atoms with Crippen molar-refractivity contribution in [2.24, 2.45) is 0 Å². The van der Waals surface area contributed by atoms with Crippen molar-refractivity contribution in [3.63, 3.8) is 0 Å². The molecule has 2 rings (SSSR count). The van der Waals surface area contributed by atoms with E-state index in [9.17, 15) is 0 Å². The quantitative estimate of drug-likeness (QED) is 0.809. The van der Waals surface area contributed by atoms with Crippen molar-refractivity contribution < 1.29 is 4.74 Å². The average molecular weight is 248 g/mol. The lowest BCUT2D eigenvalue weighted by atomic mass is 10.0. The molecular weight excluding hydrogens is 224 g/mol. The zero-order chi connectivity index (χ0) is 13.0. The largest absolute Gasteiger partial charge is 0.493 e. The fourth-order valence-corrected chi connectivity index (χ4v) is 2.23. The van der Waals surface area contributed by atoms with Crippen molar-refractivity contribution in [2.75, 3.05) is 19.7 Å². The topological polar surface area (TPSA) is 33.3 Å². The van der Waals surface area contributed by atoms with Crippen LogP contribution in [0.4, 0.5) is 0 Å². The first-order valence-electron chi connectivity index (χ1n) is 6.85. The van der Waals surface area contributed by atoms with E-state index in [-0.39, 0.29) is 0 Å². The lowest BCUT2D eigenvalue weighted by Crippen LogP contribution is -2.40. The highest BCUT2D eigenvalue weighted by Crippen LogP contribution is 2.32. The first kappa shape index (κ1) is 13.4. The van der Waals surface area contributed by atoms with E-state index in [4.69, 9.17) is 4.74 Å². The summed E-state index contributed by atoms with van der Waals surface area (Å²) in [5, 5.41) is 7.02. The molecule has 1 aliphatic rings. The Hall–Kier alpha value is -1.06. The molecule has 1 aliphatic heterocycles. The molecule has 2 unspecified atom stereocenters. The third-order valence-electron chi connectivity index (χ3n) is 3.34. The predicted octanol–water partition coefficient (Wildman–Crippen LogP) is 2.14. The molecule has 0 aliphatic carbocycles. The number of hydrogen-bond acceptors (Lipinski definition) is 3. The Morgan fingerprint density at radius 2 is 2.00 bits per heavy atom. The molecule has 0 amide bonds. The maximum atomic E-state index is 5.69. The van der Waals surface area contributed by atoms with Crippen molar-refractivity contribution in [3.8, 4) is 5.75 Å². The highest BCUT2D eigenvalue weighted by atomic mass is 16.5. The highest BCUT2D eigenvalue weighted by molar-refractivity contribution is 5.39. The van der Waals surface area contributed by atoms with Crippen LogP contribution >= 0.6 is 0 Å². The van der Waals surface area contributed by atoms with Gasteiger partial charge in [-0.05, 0) is 13.0 Å². The van der Waals surface area contributed by atoms with Crippen LogP contribution in [0.3, 0.4) is 0 Å². The van der Waals surface area contributed by atoms with Crippen LogP contribution in [0, 0.1) is 0 Å². The maximum Gasteiger partial charge on any atom is 0.122 e. The maximum absolute atomic E-state index is 5.69. The summed E-state index contributed by atoms with van der Waals surface area (Å²) in [7, 11) is 0. The number of nitrogens with one attached hydrogen (secondary N) is 2. The first-order valence-corrected chi connectivity index (χ1v) is 6.85. The van der Waals surface area contributed by atoms with Gasteiger partial charge in [0.2, 0.25) is 0 Å². The summed E-state index contributed by atoms with van der Waals surface area (Å²) in [6.07, 6.45) is 0. The second-order valence-corrected chi connectivity index (χ2v) is 5.42. The van der Waals surface area contributed by atoms with Crippen LogP contribution in [0.1, 0.15) is 32.3 Å². The SMILES string of the molecule is CC(C)NCC(C)NCC1COc2ccccc21. The molecular formula is C15H24N2O. The van der Waals surface area contributed by atoms with Crippen LogP contribution in [0.15, 0.2) is 24.3 Å². The van der Waals surface area contributed by atoms with Gasteiger partial charge in [0.25, 0.3) is 0 Å². The molecule has 0 radical (unpaired) electrons. The molecule has 2 N–H and O–H groups in total. The minimum atomic E-state index is 0.486. The Morgan fingerprint density at radius 3 is 2.78 bits per heavy atom. The summed E-state index contributed by atoms with van der Waals surface area (Å²) in [6, 6.07) is 9.38. The van der Waals surface area contributed by atoms with Crippen molar-refractivity contribution in [1.29, 1.82) is 0 Å². The number of fused-ring (bicyclic) bond motifs is 1. The Bertz CT molecular complexity index is 379. The van der Waals surface area contributed by atoms with Crippen molar-refractivity contribution in [1.82, 2.24) is 10.6 Å². The Balaban J connectivity index is 1.78. The second kappa shape index (κ2) is 6.21. The Morgan fingerprint density at radius 1 is 1.22 bits per heavy atom. The van der Waals surface area contributed by atoms with Crippen molar-refractivity contribution in [2.45, 2.75) is 38.8 Å². The standard InChI is InChI=1S/C15H24N2O/c1-11(2)16-8-12(3)17-9-13-10-18-15-7-5-4-6-14(13)15/h4-7,11-13,16-17H,8-10H2,1-3H3. The summed E-state index contributed by atoms with van der Waals surface area (Å²) in [4.78, 5) is 0. The Kier molecular flexibility index (Phi) is 4.61. The van der Waals surface area contributed by atoms with Gasteiger partial charge in [0, 0.05) is 36.7 Å². The van der Waals surface area contributed by atoms with Gasteiger partial charge in [-0.3, -0.25) is 0 Å². The molecule has 18 heavy (non-hydrogen) atoms. The average Bonchev–Trinajstić information content (AvgIpc) is 2.77. The highest BCUT2D eigenvalue weighted by Gasteiger charge is 2.23. The van der Waals surface area contributed by atoms with E-state index in [1.807, 2.05) is 6.07 Å². The zero-order valence-electron chi connectivity index (χ0n) is 11.6. The predicted molar refractivity (Wildman–Crippen MR) is 75.3 cm³/mol. The normalized spacial score (nSPS) is 19.7. The fraction of sp³-hybridized carbons (Fsp3) is 0.600. The fourth-order valence-electron chi connectivity index (χ4n) is 2.23. The van der Waals surface area contributed by atoms with Crippen LogP contribution in [0.2, 0.25) is 0 Å². The van der Waals surface area contributed by atoms with Crippen molar-refractivity contribution >= 4 is 0 Å². The van der Waals surface area contributed by atoms with E-state index in [2.05, 4.69) is 49.6 Å². The molecule has 0 saturated heterocycles. The molecule has 3 nitrogen and oxygen atoms in total. The van der Waals surface area contributed by atoms with E-state index >= 15 is 0 Å². The van der Waals surface area contributed by atoms with Crippen LogP contribution in [-0.4, -0.2) is 31.8 Å². The lowest BCUT2D eigenvalue weighted by molar-refractivity contribution is 0.321. The third kappa shape index (κ3) is 3.47. The summed E-state index contributed by atoms with van der Waals surface area (Å²) in [5.74, 6) is 1.54. The molecule has 1 heterocycles. The molecule has 0 bridgehead atoms. The number of rotatable bonds is 6. The molecule has 0 saturated carbocycles. The van der Waals surface area contributed by atoms with Gasteiger partial charge in [0.05, 0.1) is 6.61 Å². The summed E-state index contributed by atoms with van der Waals surface area (Å²) < 4.78 is 5.69. The van der Waals surface area contributed by atoms with Gasteiger partial charge in [-0.15, -0.1) is 0 Å². The monoisotopic (exact) mass is 248 g/mol. The number of para-hydroxylation sites is 1. The summed E-state index contributed by atoms with van der Waals surface area (Å²) in [6.45, 7) is 9.36. The Labute approximate surface area is 110 Å². The lowest BCUT2D eigenvalue weighted by Gasteiger charge is -2.18. The number of ether oxygens (including phenoxy) is 1. The van der Waals surface area contributed by atoms with Gasteiger partial charge in [0.1, 0.15) is 5.75 Å². The van der Waals surface area contributed by atoms with Crippen molar-refractivity contribution in [3.05, 3.63) is 29.8 Å². The molecule has 0 aromatic heterocycles. The smallest absolute Gasteiger partial charge is 0.122 e. The van der Waals surface area contributed by atoms with Gasteiger partial charge in [0.15, 0.2) is 0 Å². The molecule has 1 aromatic rings. The van der Waals surface area contributed by atoms with Crippen LogP contribution < -0.4 is 15.4 Å². The molecule has 100 valence electrons. The molecule has 0 spiro atoms. The van der Waals surface area contributed by atoms with Gasteiger partial charge >= 0.3 is 0 Å². The summed E-state index contributed by atoms with van der Waals surface area (Å²) in [5.41, 5.74) is 1.34.